The summed E-state index contributed by atoms with van der Waals surface area (Å²) in [6.07, 6.45) is -0.611. The summed E-state index contributed by atoms with van der Waals surface area (Å²) in [6.45, 7) is 0.669. The van der Waals surface area contributed by atoms with Crippen LogP contribution in [0.4, 0.5) is 4.39 Å². The van der Waals surface area contributed by atoms with Crippen LogP contribution in [0, 0.1) is 5.82 Å². The molecule has 2 aromatic carbocycles. The van der Waals surface area contributed by atoms with Crippen LogP contribution in [0.15, 0.2) is 53.4 Å². The van der Waals surface area contributed by atoms with E-state index in [4.69, 9.17) is 4.74 Å². The number of ether oxygens (including phenoxy) is 1. The van der Waals surface area contributed by atoms with E-state index in [0.717, 1.165) is 6.07 Å². The lowest BCUT2D eigenvalue weighted by atomic mass is 10.0. The first-order valence-electron chi connectivity index (χ1n) is 9.19. The van der Waals surface area contributed by atoms with Crippen molar-refractivity contribution in [1.29, 1.82) is 0 Å². The van der Waals surface area contributed by atoms with E-state index in [-0.39, 0.29) is 43.4 Å². The van der Waals surface area contributed by atoms with Crippen molar-refractivity contribution in [2.24, 2.45) is 0 Å². The van der Waals surface area contributed by atoms with Crippen LogP contribution < -0.4 is 0 Å². The monoisotopic (exact) mass is 418 g/mol. The number of carbonyl (C=O) groups excluding carboxylic acids is 2. The second-order valence-electron chi connectivity index (χ2n) is 6.93. The number of fused-ring (bicyclic) bond motifs is 1. The van der Waals surface area contributed by atoms with Gasteiger partial charge in [-0.25, -0.2) is 17.6 Å². The summed E-state index contributed by atoms with van der Waals surface area (Å²) in [7, 11) is -3.82. The number of hydrogen-bond donors (Lipinski definition) is 0. The highest BCUT2D eigenvalue weighted by atomic mass is 32.2. The molecule has 2 aliphatic heterocycles. The van der Waals surface area contributed by atoms with E-state index in [0.29, 0.717) is 11.1 Å². The first kappa shape index (κ1) is 19.5. The van der Waals surface area contributed by atoms with Crippen molar-refractivity contribution < 1.29 is 27.1 Å². The molecule has 0 radical (unpaired) electrons. The highest BCUT2D eigenvalue weighted by Gasteiger charge is 2.35. The summed E-state index contributed by atoms with van der Waals surface area (Å²) >= 11 is 0. The Balaban J connectivity index is 1.39. The SMILES string of the molecule is O=C1O[C@H](CC(=O)N2CCN(S(=O)(=O)c3cccc(F)c3)CC2)c2ccccc21. The number of sulfonamides is 1. The fourth-order valence-corrected chi connectivity index (χ4v) is 5.07. The highest BCUT2D eigenvalue weighted by Crippen LogP contribution is 2.33. The predicted octanol–water partition coefficient (Wildman–Crippen LogP) is 1.96. The number of carbonyl (C=O) groups is 2. The van der Waals surface area contributed by atoms with Crippen LogP contribution >= 0.6 is 0 Å². The molecule has 0 spiro atoms. The molecule has 1 saturated heterocycles. The molecule has 1 amide bonds. The lowest BCUT2D eigenvalue weighted by Gasteiger charge is -2.34. The van der Waals surface area contributed by atoms with Crippen molar-refractivity contribution in [1.82, 2.24) is 9.21 Å². The zero-order valence-electron chi connectivity index (χ0n) is 15.5. The lowest BCUT2D eigenvalue weighted by molar-refractivity contribution is -0.134. The maximum Gasteiger partial charge on any atom is 0.339 e. The third-order valence-corrected chi connectivity index (χ3v) is 7.06. The van der Waals surface area contributed by atoms with Crippen LogP contribution in [-0.2, 0) is 19.6 Å². The molecule has 4 rings (SSSR count). The number of halogens is 1. The van der Waals surface area contributed by atoms with Gasteiger partial charge in [-0.15, -0.1) is 0 Å². The smallest absolute Gasteiger partial charge is 0.339 e. The molecule has 1 fully saturated rings. The Morgan fingerprint density at radius 3 is 2.52 bits per heavy atom. The number of benzene rings is 2. The molecule has 0 bridgehead atoms. The van der Waals surface area contributed by atoms with Crippen molar-refractivity contribution in [3.05, 3.63) is 65.5 Å². The van der Waals surface area contributed by atoms with Crippen LogP contribution in [-0.4, -0.2) is 55.7 Å². The van der Waals surface area contributed by atoms with Gasteiger partial charge in [-0.2, -0.15) is 4.31 Å². The van der Waals surface area contributed by atoms with E-state index in [2.05, 4.69) is 0 Å². The summed E-state index contributed by atoms with van der Waals surface area (Å²) < 4.78 is 45.3. The van der Waals surface area contributed by atoms with Crippen molar-refractivity contribution in [3.63, 3.8) is 0 Å². The molecule has 0 unspecified atom stereocenters. The Labute approximate surface area is 167 Å². The number of amides is 1. The van der Waals surface area contributed by atoms with E-state index in [1.54, 1.807) is 29.2 Å². The van der Waals surface area contributed by atoms with E-state index in [9.17, 15) is 22.4 Å². The number of hydrogen-bond acceptors (Lipinski definition) is 5. The van der Waals surface area contributed by atoms with Crippen molar-refractivity contribution in [3.8, 4) is 0 Å². The fraction of sp³-hybridized carbons (Fsp3) is 0.300. The molecule has 1 atom stereocenters. The minimum atomic E-state index is -3.82. The number of nitrogens with zero attached hydrogens (tertiary/aromatic N) is 2. The van der Waals surface area contributed by atoms with Crippen LogP contribution in [0.5, 0.6) is 0 Å². The lowest BCUT2D eigenvalue weighted by Crippen LogP contribution is -2.50. The second-order valence-corrected chi connectivity index (χ2v) is 8.87. The normalized spacial score (nSPS) is 19.7. The van der Waals surface area contributed by atoms with Gasteiger partial charge in [0.2, 0.25) is 15.9 Å². The van der Waals surface area contributed by atoms with E-state index in [1.807, 2.05) is 0 Å². The fourth-order valence-electron chi connectivity index (χ4n) is 3.61. The summed E-state index contributed by atoms with van der Waals surface area (Å²) in [6, 6.07) is 11.8. The molecule has 0 aliphatic carbocycles. The third-order valence-electron chi connectivity index (χ3n) is 5.16. The zero-order chi connectivity index (χ0) is 20.6. The van der Waals surface area contributed by atoms with Gasteiger partial charge >= 0.3 is 5.97 Å². The number of rotatable bonds is 4. The third kappa shape index (κ3) is 3.75. The van der Waals surface area contributed by atoms with Gasteiger partial charge in [-0.3, -0.25) is 4.79 Å². The Hall–Kier alpha value is -2.78. The van der Waals surface area contributed by atoms with Crippen molar-refractivity contribution in [2.45, 2.75) is 17.4 Å². The molecule has 7 nitrogen and oxygen atoms in total. The number of esters is 1. The number of piperazine rings is 1. The molecule has 2 aliphatic rings. The minimum absolute atomic E-state index is 0.0133. The van der Waals surface area contributed by atoms with Gasteiger partial charge in [0.1, 0.15) is 11.9 Å². The van der Waals surface area contributed by atoms with Crippen molar-refractivity contribution >= 4 is 21.9 Å². The van der Waals surface area contributed by atoms with Gasteiger partial charge in [0.25, 0.3) is 0 Å². The first-order chi connectivity index (χ1) is 13.9. The van der Waals surface area contributed by atoms with Gasteiger partial charge < -0.3 is 9.64 Å². The Morgan fingerprint density at radius 2 is 1.79 bits per heavy atom. The van der Waals surface area contributed by atoms with Crippen LogP contribution in [0.25, 0.3) is 0 Å². The largest absolute Gasteiger partial charge is 0.453 e. The van der Waals surface area contributed by atoms with Gasteiger partial charge in [0.15, 0.2) is 0 Å². The topological polar surface area (TPSA) is 84.0 Å². The van der Waals surface area contributed by atoms with Crippen molar-refractivity contribution in [2.75, 3.05) is 26.2 Å². The minimum Gasteiger partial charge on any atom is -0.453 e. The predicted molar refractivity (Wildman–Crippen MR) is 101 cm³/mol. The molecule has 0 aromatic heterocycles. The van der Waals surface area contributed by atoms with Gasteiger partial charge in [-0.05, 0) is 24.3 Å². The maximum atomic E-state index is 13.4. The van der Waals surface area contributed by atoms with Crippen LogP contribution in [0.2, 0.25) is 0 Å². The molecule has 2 aromatic rings. The highest BCUT2D eigenvalue weighted by molar-refractivity contribution is 7.89. The molecule has 0 saturated carbocycles. The van der Waals surface area contributed by atoms with E-state index >= 15 is 0 Å². The van der Waals surface area contributed by atoms with E-state index in [1.165, 1.54) is 22.5 Å². The zero-order valence-corrected chi connectivity index (χ0v) is 16.3. The van der Waals surface area contributed by atoms with Gasteiger partial charge in [0, 0.05) is 31.7 Å². The summed E-state index contributed by atoms with van der Waals surface area (Å²) in [4.78, 5) is 26.0. The molecular formula is C20H19FN2O5S. The summed E-state index contributed by atoms with van der Waals surface area (Å²) in [5.41, 5.74) is 1.16. The Morgan fingerprint density at radius 1 is 1.07 bits per heavy atom. The molecule has 0 N–H and O–H groups in total. The van der Waals surface area contributed by atoms with Crippen LogP contribution in [0.1, 0.15) is 28.4 Å². The molecular weight excluding hydrogens is 399 g/mol. The molecule has 152 valence electrons. The average molecular weight is 418 g/mol. The van der Waals surface area contributed by atoms with Crippen LogP contribution in [0.3, 0.4) is 0 Å². The molecule has 29 heavy (non-hydrogen) atoms. The average Bonchev–Trinajstić information content (AvgIpc) is 3.04. The molecule has 9 heteroatoms. The van der Waals surface area contributed by atoms with E-state index < -0.39 is 27.9 Å². The molecule has 2 heterocycles. The Bertz CT molecular complexity index is 1060. The standard InChI is InChI=1S/C20H19FN2O5S/c21-14-4-3-5-15(12-14)29(26,27)23-10-8-22(9-11-23)19(24)13-18-16-6-1-2-7-17(16)20(25)28-18/h1-7,12,18H,8-11,13H2/t18-/m1/s1. The summed E-state index contributed by atoms with van der Waals surface area (Å²) in [5, 5.41) is 0. The quantitative estimate of drug-likeness (QED) is 0.709. The summed E-state index contributed by atoms with van der Waals surface area (Å²) in [5.74, 6) is -1.27. The van der Waals surface area contributed by atoms with Gasteiger partial charge in [0.05, 0.1) is 16.9 Å². The number of cyclic esters (lactones) is 1. The maximum absolute atomic E-state index is 13.4. The Kier molecular flexibility index (Phi) is 5.10. The first-order valence-corrected chi connectivity index (χ1v) is 10.6. The second kappa shape index (κ2) is 7.57. The van der Waals surface area contributed by atoms with Gasteiger partial charge in [-0.1, -0.05) is 24.3 Å².